The van der Waals surface area contributed by atoms with E-state index in [2.05, 4.69) is 132 Å². The number of hydrogen-bond acceptors (Lipinski definition) is 6. The van der Waals surface area contributed by atoms with E-state index < -0.39 is 5.54 Å². The van der Waals surface area contributed by atoms with Crippen LogP contribution in [-0.4, -0.2) is 56.9 Å². The van der Waals surface area contributed by atoms with Gasteiger partial charge in [-0.1, -0.05) is 97.1 Å². The Balaban J connectivity index is 1.36. The van der Waals surface area contributed by atoms with Crippen LogP contribution in [0.1, 0.15) is 23.1 Å². The first kappa shape index (κ1) is 31.7. The summed E-state index contributed by atoms with van der Waals surface area (Å²) in [6.07, 6.45) is 8.56. The van der Waals surface area contributed by atoms with Gasteiger partial charge in [-0.3, -0.25) is 14.6 Å². The zero-order valence-corrected chi connectivity index (χ0v) is 27.7. The molecule has 0 aliphatic carbocycles. The third kappa shape index (κ3) is 6.62. The highest BCUT2D eigenvalue weighted by atomic mass is 16.5. The van der Waals surface area contributed by atoms with E-state index in [4.69, 9.17) is 19.8 Å². The summed E-state index contributed by atoms with van der Waals surface area (Å²) in [5.41, 5.74) is 7.73. The standard InChI is InChI=1S/C42H38N6O/c1-47(2)27-14-28-49-40-23-22-33(30-45-40)39-29-32(24-26-44-39)37-31-48(46-41(37)38-21-12-13-25-43-38)42(34-15-6-3-7-16-34,35-17-8-4-9-18-35)36-19-10-5-11-20-36/h3-13,15-26,29-31H,14,27-28H2,1-2H3. The molecular formula is C42H38N6O. The van der Waals surface area contributed by atoms with E-state index >= 15 is 0 Å². The summed E-state index contributed by atoms with van der Waals surface area (Å²) >= 11 is 0. The summed E-state index contributed by atoms with van der Waals surface area (Å²) < 4.78 is 7.98. The fourth-order valence-electron chi connectivity index (χ4n) is 6.31. The molecule has 0 radical (unpaired) electrons. The predicted octanol–water partition coefficient (Wildman–Crippen LogP) is 8.24. The quantitative estimate of drug-likeness (QED) is 0.0988. The average molecular weight is 643 g/mol. The summed E-state index contributed by atoms with van der Waals surface area (Å²) in [5.74, 6) is 0.608. The molecule has 0 saturated carbocycles. The monoisotopic (exact) mass is 642 g/mol. The van der Waals surface area contributed by atoms with Crippen molar-refractivity contribution in [2.45, 2.75) is 12.0 Å². The second-order valence-electron chi connectivity index (χ2n) is 12.2. The third-order valence-corrected chi connectivity index (χ3v) is 8.64. The highest BCUT2D eigenvalue weighted by molar-refractivity contribution is 5.81. The van der Waals surface area contributed by atoms with Crippen LogP contribution < -0.4 is 4.74 Å². The van der Waals surface area contributed by atoms with E-state index in [9.17, 15) is 0 Å². The molecule has 0 fully saturated rings. The Kier molecular flexibility index (Phi) is 9.34. The van der Waals surface area contributed by atoms with Crippen LogP contribution in [0.15, 0.2) is 158 Å². The van der Waals surface area contributed by atoms with Crippen LogP contribution in [0.5, 0.6) is 5.88 Å². The van der Waals surface area contributed by atoms with Crippen LogP contribution in [0.4, 0.5) is 0 Å². The molecule has 0 atom stereocenters. The summed E-state index contributed by atoms with van der Waals surface area (Å²) in [6.45, 7) is 1.59. The molecule has 7 heteroatoms. The molecule has 0 amide bonds. The number of aromatic nitrogens is 5. The molecule has 4 heterocycles. The molecule has 242 valence electrons. The van der Waals surface area contributed by atoms with Gasteiger partial charge in [0.1, 0.15) is 11.2 Å². The van der Waals surface area contributed by atoms with Gasteiger partial charge in [-0.05, 0) is 73.1 Å². The lowest BCUT2D eigenvalue weighted by Crippen LogP contribution is -2.38. The van der Waals surface area contributed by atoms with Crippen LogP contribution in [-0.2, 0) is 5.54 Å². The van der Waals surface area contributed by atoms with Crippen LogP contribution in [0.25, 0.3) is 33.8 Å². The number of ether oxygens (including phenoxy) is 1. The molecule has 0 spiro atoms. The second kappa shape index (κ2) is 14.5. The van der Waals surface area contributed by atoms with Crippen molar-refractivity contribution >= 4 is 0 Å². The van der Waals surface area contributed by atoms with Crippen molar-refractivity contribution in [1.82, 2.24) is 29.6 Å². The molecule has 0 bridgehead atoms. The van der Waals surface area contributed by atoms with Gasteiger partial charge in [0.2, 0.25) is 5.88 Å². The molecule has 0 saturated heterocycles. The Morgan fingerprint density at radius 1 is 0.633 bits per heavy atom. The summed E-state index contributed by atoms with van der Waals surface area (Å²) in [4.78, 5) is 16.2. The molecule has 7 rings (SSSR count). The van der Waals surface area contributed by atoms with Crippen molar-refractivity contribution in [3.8, 4) is 39.7 Å². The lowest BCUT2D eigenvalue weighted by atomic mass is 9.77. The summed E-state index contributed by atoms with van der Waals surface area (Å²) in [7, 11) is 4.12. The van der Waals surface area contributed by atoms with Gasteiger partial charge in [-0.15, -0.1) is 0 Å². The highest BCUT2D eigenvalue weighted by Gasteiger charge is 2.40. The van der Waals surface area contributed by atoms with Crippen molar-refractivity contribution in [3.63, 3.8) is 0 Å². The molecule has 49 heavy (non-hydrogen) atoms. The van der Waals surface area contributed by atoms with Crippen molar-refractivity contribution in [1.29, 1.82) is 0 Å². The lowest BCUT2D eigenvalue weighted by molar-refractivity contribution is 0.273. The van der Waals surface area contributed by atoms with Crippen molar-refractivity contribution in [3.05, 3.63) is 175 Å². The van der Waals surface area contributed by atoms with Crippen molar-refractivity contribution in [2.75, 3.05) is 27.2 Å². The number of nitrogens with zero attached hydrogens (tertiary/aromatic N) is 6. The van der Waals surface area contributed by atoms with Gasteiger partial charge < -0.3 is 9.64 Å². The smallest absolute Gasteiger partial charge is 0.213 e. The first-order chi connectivity index (χ1) is 24.1. The largest absolute Gasteiger partial charge is 0.478 e. The Morgan fingerprint density at radius 2 is 1.27 bits per heavy atom. The fraction of sp³-hybridized carbons (Fsp3) is 0.143. The maximum absolute atomic E-state index is 5.87. The highest BCUT2D eigenvalue weighted by Crippen LogP contribution is 2.43. The lowest BCUT2D eigenvalue weighted by Gasteiger charge is -2.36. The Bertz CT molecular complexity index is 1980. The third-order valence-electron chi connectivity index (χ3n) is 8.64. The molecule has 0 aliphatic heterocycles. The molecule has 7 aromatic rings. The van der Waals surface area contributed by atoms with E-state index in [1.807, 2.05) is 55.0 Å². The van der Waals surface area contributed by atoms with Gasteiger partial charge in [0.15, 0.2) is 0 Å². The van der Waals surface area contributed by atoms with E-state index in [1.54, 1.807) is 0 Å². The maximum atomic E-state index is 5.87. The topological polar surface area (TPSA) is 69.0 Å². The van der Waals surface area contributed by atoms with Gasteiger partial charge in [0, 0.05) is 48.5 Å². The molecule has 0 aliphatic rings. The zero-order chi connectivity index (χ0) is 33.5. The Labute approximate surface area is 287 Å². The fourth-order valence-corrected chi connectivity index (χ4v) is 6.31. The van der Waals surface area contributed by atoms with Gasteiger partial charge in [-0.25, -0.2) is 4.98 Å². The molecule has 0 unspecified atom stereocenters. The minimum absolute atomic E-state index is 0.608. The number of hydrogen-bond donors (Lipinski definition) is 0. The van der Waals surface area contributed by atoms with Crippen molar-refractivity contribution in [2.24, 2.45) is 0 Å². The molecular weight excluding hydrogens is 605 g/mol. The van der Waals surface area contributed by atoms with E-state index in [0.717, 1.165) is 63.4 Å². The second-order valence-corrected chi connectivity index (χ2v) is 12.2. The Morgan fingerprint density at radius 3 is 1.84 bits per heavy atom. The van der Waals surface area contributed by atoms with Gasteiger partial charge in [-0.2, -0.15) is 5.10 Å². The van der Waals surface area contributed by atoms with Crippen LogP contribution in [0.2, 0.25) is 0 Å². The SMILES string of the molecule is CN(C)CCCOc1ccc(-c2cc(-c3cn(C(c4ccccc4)(c4ccccc4)c4ccccc4)nc3-c3ccccn3)ccn2)cn1. The minimum atomic E-state index is -0.770. The van der Waals surface area contributed by atoms with E-state index in [1.165, 1.54) is 0 Å². The van der Waals surface area contributed by atoms with E-state index in [-0.39, 0.29) is 0 Å². The van der Waals surface area contributed by atoms with E-state index in [0.29, 0.717) is 12.5 Å². The van der Waals surface area contributed by atoms with Gasteiger partial charge in [0.25, 0.3) is 0 Å². The molecule has 3 aromatic carbocycles. The first-order valence-electron chi connectivity index (χ1n) is 16.5. The first-order valence-corrected chi connectivity index (χ1v) is 16.5. The van der Waals surface area contributed by atoms with Crippen molar-refractivity contribution < 1.29 is 4.74 Å². The molecule has 0 N–H and O–H groups in total. The number of rotatable bonds is 12. The minimum Gasteiger partial charge on any atom is -0.478 e. The molecule has 7 nitrogen and oxygen atoms in total. The van der Waals surface area contributed by atoms with Crippen LogP contribution in [0, 0.1) is 0 Å². The zero-order valence-electron chi connectivity index (χ0n) is 27.7. The van der Waals surface area contributed by atoms with Crippen LogP contribution in [0.3, 0.4) is 0 Å². The average Bonchev–Trinajstić information content (AvgIpc) is 3.61. The number of benzene rings is 3. The van der Waals surface area contributed by atoms with Gasteiger partial charge in [0.05, 0.1) is 18.0 Å². The normalized spacial score (nSPS) is 11.5. The predicted molar refractivity (Wildman–Crippen MR) is 195 cm³/mol. The van der Waals surface area contributed by atoms with Gasteiger partial charge >= 0.3 is 0 Å². The number of pyridine rings is 3. The summed E-state index contributed by atoms with van der Waals surface area (Å²) in [6, 6.07) is 45.7. The maximum Gasteiger partial charge on any atom is 0.213 e. The molecule has 4 aromatic heterocycles. The Hall–Kier alpha value is -5.92. The van der Waals surface area contributed by atoms with Crippen LogP contribution >= 0.6 is 0 Å². The summed E-state index contributed by atoms with van der Waals surface area (Å²) in [5, 5.41) is 5.42.